The second-order valence-corrected chi connectivity index (χ2v) is 5.00. The molecule has 1 radical (unpaired) electrons. The minimum Gasteiger partial charge on any atom is -0.309 e. The van der Waals surface area contributed by atoms with Crippen LogP contribution in [0.25, 0.3) is 0 Å². The lowest BCUT2D eigenvalue weighted by molar-refractivity contribution is 0.409. The van der Waals surface area contributed by atoms with Gasteiger partial charge in [-0.15, -0.1) is 0 Å². The molecule has 0 saturated carbocycles. The van der Waals surface area contributed by atoms with E-state index < -0.39 is 0 Å². The molecule has 0 N–H and O–H groups in total. The molecule has 0 spiro atoms. The normalized spacial score (nSPS) is 11.1. The molecule has 0 saturated heterocycles. The summed E-state index contributed by atoms with van der Waals surface area (Å²) in [6, 6.07) is 5.70. The van der Waals surface area contributed by atoms with Crippen molar-refractivity contribution in [2.24, 2.45) is 0 Å². The first-order chi connectivity index (χ1) is 7.59. The van der Waals surface area contributed by atoms with Crippen molar-refractivity contribution < 1.29 is 0 Å². The molecule has 0 aliphatic rings. The van der Waals surface area contributed by atoms with Gasteiger partial charge in [0.15, 0.2) is 0 Å². The Kier molecular flexibility index (Phi) is 6.18. The van der Waals surface area contributed by atoms with Gasteiger partial charge in [-0.25, -0.2) is 0 Å². The van der Waals surface area contributed by atoms with Crippen molar-refractivity contribution in [2.45, 2.75) is 19.3 Å². The molecule has 1 aromatic carbocycles. The Hall–Kier alpha value is -0.240. The highest BCUT2D eigenvalue weighted by Crippen LogP contribution is 2.22. The zero-order chi connectivity index (χ0) is 12.0. The summed E-state index contributed by atoms with van der Waals surface area (Å²) in [6.07, 6.45) is 5.49. The molecule has 1 rings (SSSR count). The van der Waals surface area contributed by atoms with Crippen molar-refractivity contribution in [2.75, 3.05) is 20.6 Å². The quantitative estimate of drug-likeness (QED) is 0.696. The van der Waals surface area contributed by atoms with E-state index in [1.54, 1.807) is 6.07 Å². The molecule has 89 valence electrons. The van der Waals surface area contributed by atoms with Crippen LogP contribution in [0.2, 0.25) is 10.0 Å². The van der Waals surface area contributed by atoms with Crippen LogP contribution in [0, 0.1) is 6.42 Å². The molecular formula is C13H18Cl2N. The third-order valence-electron chi connectivity index (χ3n) is 2.41. The third kappa shape index (κ3) is 5.20. The second kappa shape index (κ2) is 7.16. The number of nitrogens with zero attached hydrogens (tertiary/aromatic N) is 1. The molecular weight excluding hydrogens is 241 g/mol. The van der Waals surface area contributed by atoms with Crippen LogP contribution in [0.4, 0.5) is 0 Å². The first kappa shape index (κ1) is 13.8. The van der Waals surface area contributed by atoms with Gasteiger partial charge in [-0.05, 0) is 64.0 Å². The molecule has 0 amide bonds. The van der Waals surface area contributed by atoms with Crippen molar-refractivity contribution >= 4 is 23.2 Å². The SMILES string of the molecule is CN(C)CC[CH]CCc1ccc(Cl)cc1Cl. The van der Waals surface area contributed by atoms with Gasteiger partial charge < -0.3 is 4.90 Å². The fourth-order valence-electron chi connectivity index (χ4n) is 1.48. The van der Waals surface area contributed by atoms with Gasteiger partial charge in [0.1, 0.15) is 0 Å². The Morgan fingerprint density at radius 3 is 2.56 bits per heavy atom. The highest BCUT2D eigenvalue weighted by atomic mass is 35.5. The van der Waals surface area contributed by atoms with Crippen molar-refractivity contribution in [1.82, 2.24) is 4.90 Å². The molecule has 1 aromatic rings. The van der Waals surface area contributed by atoms with Gasteiger partial charge in [0.2, 0.25) is 0 Å². The van der Waals surface area contributed by atoms with E-state index in [0.717, 1.165) is 30.8 Å². The summed E-state index contributed by atoms with van der Waals surface area (Å²) in [7, 11) is 4.17. The van der Waals surface area contributed by atoms with Gasteiger partial charge in [0, 0.05) is 10.0 Å². The van der Waals surface area contributed by atoms with Gasteiger partial charge in [-0.1, -0.05) is 29.3 Å². The average molecular weight is 259 g/mol. The monoisotopic (exact) mass is 258 g/mol. The fourth-order valence-corrected chi connectivity index (χ4v) is 1.98. The molecule has 0 heterocycles. The van der Waals surface area contributed by atoms with Crippen LogP contribution in [-0.2, 0) is 6.42 Å². The molecule has 0 atom stereocenters. The number of unbranched alkanes of at least 4 members (excludes halogenated alkanes) is 2. The lowest BCUT2D eigenvalue weighted by Gasteiger charge is -2.09. The maximum atomic E-state index is 6.09. The largest absolute Gasteiger partial charge is 0.309 e. The Bertz CT molecular complexity index is 324. The topological polar surface area (TPSA) is 3.24 Å². The van der Waals surface area contributed by atoms with Crippen LogP contribution in [0.3, 0.4) is 0 Å². The summed E-state index contributed by atoms with van der Waals surface area (Å²) < 4.78 is 0. The Morgan fingerprint density at radius 1 is 1.19 bits per heavy atom. The van der Waals surface area contributed by atoms with Gasteiger partial charge in [-0.2, -0.15) is 0 Å². The lowest BCUT2D eigenvalue weighted by atomic mass is 10.1. The molecule has 0 aliphatic carbocycles. The van der Waals surface area contributed by atoms with E-state index in [4.69, 9.17) is 23.2 Å². The summed E-state index contributed by atoms with van der Waals surface area (Å²) in [5.74, 6) is 0. The molecule has 16 heavy (non-hydrogen) atoms. The summed E-state index contributed by atoms with van der Waals surface area (Å²) in [4.78, 5) is 2.19. The predicted molar refractivity (Wildman–Crippen MR) is 72.3 cm³/mol. The van der Waals surface area contributed by atoms with Crippen LogP contribution >= 0.6 is 23.2 Å². The van der Waals surface area contributed by atoms with Gasteiger partial charge in [0.05, 0.1) is 0 Å². The van der Waals surface area contributed by atoms with Crippen LogP contribution in [0.1, 0.15) is 18.4 Å². The van der Waals surface area contributed by atoms with E-state index in [1.807, 2.05) is 12.1 Å². The zero-order valence-electron chi connectivity index (χ0n) is 9.84. The fraction of sp³-hybridized carbons (Fsp3) is 0.462. The minimum absolute atomic E-state index is 0.699. The number of hydrogen-bond donors (Lipinski definition) is 0. The van der Waals surface area contributed by atoms with Crippen LogP contribution in [0.5, 0.6) is 0 Å². The molecule has 0 unspecified atom stereocenters. The van der Waals surface area contributed by atoms with Gasteiger partial charge in [0.25, 0.3) is 0 Å². The summed E-state index contributed by atoms with van der Waals surface area (Å²) in [6.45, 7) is 1.11. The highest BCUT2D eigenvalue weighted by molar-refractivity contribution is 6.35. The summed E-state index contributed by atoms with van der Waals surface area (Å²) in [5.41, 5.74) is 1.17. The number of aryl methyl sites for hydroxylation is 1. The van der Waals surface area contributed by atoms with E-state index in [1.165, 1.54) is 5.56 Å². The van der Waals surface area contributed by atoms with E-state index in [0.29, 0.717) is 5.02 Å². The number of benzene rings is 1. The maximum Gasteiger partial charge on any atom is 0.0452 e. The first-order valence-electron chi connectivity index (χ1n) is 5.50. The molecule has 0 aliphatic heterocycles. The van der Waals surface area contributed by atoms with Crippen LogP contribution in [-0.4, -0.2) is 25.5 Å². The van der Waals surface area contributed by atoms with Crippen LogP contribution < -0.4 is 0 Å². The van der Waals surface area contributed by atoms with Crippen molar-refractivity contribution in [3.8, 4) is 0 Å². The van der Waals surface area contributed by atoms with Crippen molar-refractivity contribution in [3.05, 3.63) is 40.2 Å². The van der Waals surface area contributed by atoms with Gasteiger partial charge >= 0.3 is 0 Å². The number of hydrogen-bond acceptors (Lipinski definition) is 1. The van der Waals surface area contributed by atoms with Crippen molar-refractivity contribution in [1.29, 1.82) is 0 Å². The van der Waals surface area contributed by atoms with E-state index in [-0.39, 0.29) is 0 Å². The molecule has 0 fully saturated rings. The molecule has 0 bridgehead atoms. The van der Waals surface area contributed by atoms with E-state index >= 15 is 0 Å². The lowest BCUT2D eigenvalue weighted by Crippen LogP contribution is -2.12. The third-order valence-corrected chi connectivity index (χ3v) is 3.00. The van der Waals surface area contributed by atoms with E-state index in [2.05, 4.69) is 25.4 Å². The highest BCUT2D eigenvalue weighted by Gasteiger charge is 2.01. The predicted octanol–water partition coefficient (Wildman–Crippen LogP) is 4.08. The standard InChI is InChI=1S/C13H18Cl2N/c1-16(2)9-5-3-4-6-11-7-8-12(14)10-13(11)15/h3,7-8,10H,4-6,9H2,1-2H3. The molecule has 1 nitrogen and oxygen atoms in total. The average Bonchev–Trinajstić information content (AvgIpc) is 2.20. The Morgan fingerprint density at radius 2 is 1.94 bits per heavy atom. The first-order valence-corrected chi connectivity index (χ1v) is 6.25. The van der Waals surface area contributed by atoms with E-state index in [9.17, 15) is 0 Å². The maximum absolute atomic E-state index is 6.09. The smallest absolute Gasteiger partial charge is 0.0452 e. The van der Waals surface area contributed by atoms with Crippen molar-refractivity contribution in [3.63, 3.8) is 0 Å². The molecule has 3 heteroatoms. The number of halogens is 2. The second-order valence-electron chi connectivity index (χ2n) is 4.16. The number of rotatable bonds is 6. The Balaban J connectivity index is 2.27. The summed E-state index contributed by atoms with van der Waals surface area (Å²) in [5, 5.41) is 1.47. The molecule has 0 aromatic heterocycles. The zero-order valence-corrected chi connectivity index (χ0v) is 11.4. The minimum atomic E-state index is 0.699. The van der Waals surface area contributed by atoms with Crippen LogP contribution in [0.15, 0.2) is 18.2 Å². The summed E-state index contributed by atoms with van der Waals surface area (Å²) >= 11 is 11.9. The van der Waals surface area contributed by atoms with Gasteiger partial charge in [-0.3, -0.25) is 0 Å². The Labute approximate surface area is 108 Å².